The summed E-state index contributed by atoms with van der Waals surface area (Å²) in [6.07, 6.45) is 5.53. The molecule has 2 heteroatoms. The largest absolute Gasteiger partial charge is 0.313 e. The molecule has 0 fully saturated rings. The number of hydrogen-bond donors (Lipinski definition) is 1. The van der Waals surface area contributed by atoms with Crippen LogP contribution in [0.3, 0.4) is 0 Å². The quantitative estimate of drug-likeness (QED) is 0.594. The van der Waals surface area contributed by atoms with Gasteiger partial charge in [0.1, 0.15) is 0 Å². The lowest BCUT2D eigenvalue weighted by Crippen LogP contribution is -2.16. The van der Waals surface area contributed by atoms with E-state index in [0.29, 0.717) is 0 Å². The van der Waals surface area contributed by atoms with Gasteiger partial charge in [-0.05, 0) is 43.8 Å². The first-order chi connectivity index (χ1) is 7.76. The fraction of sp³-hybridized carbons (Fsp3) is 0.429. The van der Waals surface area contributed by atoms with Crippen molar-refractivity contribution in [3.63, 3.8) is 0 Å². The summed E-state index contributed by atoms with van der Waals surface area (Å²) in [5.41, 5.74) is 2.67. The zero-order chi connectivity index (χ0) is 11.8. The van der Waals surface area contributed by atoms with Crippen LogP contribution in [0.15, 0.2) is 34.7 Å². The van der Waals surface area contributed by atoms with Gasteiger partial charge < -0.3 is 5.32 Å². The van der Waals surface area contributed by atoms with Crippen molar-refractivity contribution in [1.29, 1.82) is 0 Å². The Morgan fingerprint density at radius 1 is 1.31 bits per heavy atom. The van der Waals surface area contributed by atoms with E-state index in [1.165, 1.54) is 22.5 Å². The molecule has 0 heterocycles. The van der Waals surface area contributed by atoms with Crippen molar-refractivity contribution in [2.24, 2.45) is 0 Å². The Kier molecular flexibility index (Phi) is 6.27. The molecule has 1 aromatic rings. The lowest BCUT2D eigenvalue weighted by Gasteiger charge is -2.04. The summed E-state index contributed by atoms with van der Waals surface area (Å²) in [6.45, 7) is 6.44. The molecule has 0 saturated carbocycles. The summed E-state index contributed by atoms with van der Waals surface area (Å²) in [5.74, 6) is 0. The maximum Gasteiger partial charge on any atom is 0.0165 e. The number of hydrogen-bond acceptors (Lipinski definition) is 2. The molecule has 1 aromatic carbocycles. The van der Waals surface area contributed by atoms with Crippen LogP contribution in [-0.2, 0) is 0 Å². The van der Waals surface area contributed by atoms with Crippen molar-refractivity contribution in [1.82, 2.24) is 5.32 Å². The molecule has 1 N–H and O–H groups in total. The standard InChI is InChI=1S/C14H21NS/c1-4-9-15-11-12(2)10-13-5-7-14(16-3)8-6-13/h5-8,10,15H,4,9,11H2,1-3H3. The van der Waals surface area contributed by atoms with Crippen LogP contribution in [0.25, 0.3) is 6.08 Å². The molecule has 0 spiro atoms. The van der Waals surface area contributed by atoms with E-state index < -0.39 is 0 Å². The van der Waals surface area contributed by atoms with E-state index >= 15 is 0 Å². The minimum absolute atomic E-state index is 0.984. The van der Waals surface area contributed by atoms with Crippen LogP contribution in [-0.4, -0.2) is 19.3 Å². The Hall–Kier alpha value is -0.730. The molecule has 0 aromatic heterocycles. The molecule has 0 saturated heterocycles. The Bertz CT molecular complexity index is 327. The predicted octanol–water partition coefficient (Wildman–Crippen LogP) is 3.81. The van der Waals surface area contributed by atoms with Gasteiger partial charge in [-0.25, -0.2) is 0 Å². The van der Waals surface area contributed by atoms with Crippen molar-refractivity contribution < 1.29 is 0 Å². The molecule has 0 amide bonds. The smallest absolute Gasteiger partial charge is 0.0165 e. The zero-order valence-electron chi connectivity index (χ0n) is 10.4. The van der Waals surface area contributed by atoms with Gasteiger partial charge in [-0.15, -0.1) is 11.8 Å². The Morgan fingerprint density at radius 2 is 2.00 bits per heavy atom. The van der Waals surface area contributed by atoms with Gasteiger partial charge in [0, 0.05) is 11.4 Å². The van der Waals surface area contributed by atoms with Crippen LogP contribution < -0.4 is 5.32 Å². The molecule has 0 aliphatic heterocycles. The van der Waals surface area contributed by atoms with Crippen molar-refractivity contribution in [3.05, 3.63) is 35.4 Å². The van der Waals surface area contributed by atoms with Gasteiger partial charge in [0.2, 0.25) is 0 Å². The second kappa shape index (κ2) is 7.53. The first kappa shape index (κ1) is 13.3. The summed E-state index contributed by atoms with van der Waals surface area (Å²) in [7, 11) is 0. The maximum absolute atomic E-state index is 3.41. The van der Waals surface area contributed by atoms with Crippen LogP contribution in [0.5, 0.6) is 0 Å². The van der Waals surface area contributed by atoms with Crippen LogP contribution in [0.2, 0.25) is 0 Å². The molecule has 16 heavy (non-hydrogen) atoms. The molecule has 0 radical (unpaired) electrons. The first-order valence-electron chi connectivity index (χ1n) is 5.78. The molecule has 1 nitrogen and oxygen atoms in total. The highest BCUT2D eigenvalue weighted by molar-refractivity contribution is 7.98. The van der Waals surface area contributed by atoms with Gasteiger partial charge in [-0.3, -0.25) is 0 Å². The maximum atomic E-state index is 3.41. The molecule has 0 unspecified atom stereocenters. The zero-order valence-corrected chi connectivity index (χ0v) is 11.2. The normalized spacial score (nSPS) is 11.8. The van der Waals surface area contributed by atoms with Gasteiger partial charge in [0.25, 0.3) is 0 Å². The summed E-state index contributed by atoms with van der Waals surface area (Å²) >= 11 is 1.78. The average molecular weight is 235 g/mol. The minimum atomic E-state index is 0.984. The van der Waals surface area contributed by atoms with E-state index in [-0.39, 0.29) is 0 Å². The second-order valence-electron chi connectivity index (χ2n) is 3.94. The third-order valence-electron chi connectivity index (χ3n) is 2.36. The summed E-state index contributed by atoms with van der Waals surface area (Å²) in [6, 6.07) is 8.69. The molecular formula is C14H21NS. The number of rotatable bonds is 6. The van der Waals surface area contributed by atoms with Gasteiger partial charge in [0.05, 0.1) is 0 Å². The van der Waals surface area contributed by atoms with E-state index in [2.05, 4.69) is 55.8 Å². The van der Waals surface area contributed by atoms with Gasteiger partial charge >= 0.3 is 0 Å². The highest BCUT2D eigenvalue weighted by Crippen LogP contribution is 2.16. The minimum Gasteiger partial charge on any atom is -0.313 e. The SMILES string of the molecule is CCCNCC(C)=Cc1ccc(SC)cc1. The molecule has 1 rings (SSSR count). The Labute approximate surface area is 103 Å². The molecule has 0 bridgehead atoms. The Balaban J connectivity index is 2.52. The lowest BCUT2D eigenvalue weighted by atomic mass is 10.1. The predicted molar refractivity (Wildman–Crippen MR) is 75.0 cm³/mol. The average Bonchev–Trinajstić information content (AvgIpc) is 2.30. The second-order valence-corrected chi connectivity index (χ2v) is 4.82. The van der Waals surface area contributed by atoms with Crippen LogP contribution in [0, 0.1) is 0 Å². The van der Waals surface area contributed by atoms with Gasteiger partial charge in [0.15, 0.2) is 0 Å². The fourth-order valence-electron chi connectivity index (χ4n) is 1.50. The molecular weight excluding hydrogens is 214 g/mol. The number of nitrogens with one attached hydrogen (secondary N) is 1. The first-order valence-corrected chi connectivity index (χ1v) is 7.00. The van der Waals surface area contributed by atoms with E-state index in [1.807, 2.05) is 0 Å². The lowest BCUT2D eigenvalue weighted by molar-refractivity contribution is 0.715. The van der Waals surface area contributed by atoms with E-state index in [0.717, 1.165) is 13.1 Å². The van der Waals surface area contributed by atoms with E-state index in [9.17, 15) is 0 Å². The van der Waals surface area contributed by atoms with Crippen LogP contribution in [0.1, 0.15) is 25.8 Å². The van der Waals surface area contributed by atoms with Crippen molar-refractivity contribution in [2.75, 3.05) is 19.3 Å². The third kappa shape index (κ3) is 4.86. The fourth-order valence-corrected chi connectivity index (χ4v) is 1.91. The van der Waals surface area contributed by atoms with Gasteiger partial charge in [-0.1, -0.05) is 30.7 Å². The Morgan fingerprint density at radius 3 is 2.56 bits per heavy atom. The van der Waals surface area contributed by atoms with Crippen molar-refractivity contribution in [3.8, 4) is 0 Å². The van der Waals surface area contributed by atoms with E-state index in [4.69, 9.17) is 0 Å². The highest BCUT2D eigenvalue weighted by atomic mass is 32.2. The number of benzene rings is 1. The van der Waals surface area contributed by atoms with E-state index in [1.54, 1.807) is 11.8 Å². The summed E-state index contributed by atoms with van der Waals surface area (Å²) < 4.78 is 0. The molecule has 0 aliphatic carbocycles. The summed E-state index contributed by atoms with van der Waals surface area (Å²) in [4.78, 5) is 1.32. The highest BCUT2D eigenvalue weighted by Gasteiger charge is 1.93. The van der Waals surface area contributed by atoms with Gasteiger partial charge in [-0.2, -0.15) is 0 Å². The molecule has 0 atom stereocenters. The summed E-state index contributed by atoms with van der Waals surface area (Å²) in [5, 5.41) is 3.41. The molecule has 0 aliphatic rings. The number of thioether (sulfide) groups is 1. The van der Waals surface area contributed by atoms with Crippen molar-refractivity contribution >= 4 is 17.8 Å². The van der Waals surface area contributed by atoms with Crippen LogP contribution in [0.4, 0.5) is 0 Å². The van der Waals surface area contributed by atoms with Crippen molar-refractivity contribution in [2.45, 2.75) is 25.2 Å². The molecule has 88 valence electrons. The third-order valence-corrected chi connectivity index (χ3v) is 3.10. The monoisotopic (exact) mass is 235 g/mol. The topological polar surface area (TPSA) is 12.0 Å². The van der Waals surface area contributed by atoms with Crippen LogP contribution >= 0.6 is 11.8 Å².